The Kier molecular flexibility index (Phi) is 3.46. The Balaban J connectivity index is 2.41. The number of carbonyl (C=O) groups excluding carboxylic acids is 2. The van der Waals surface area contributed by atoms with Crippen molar-refractivity contribution in [2.75, 3.05) is 20.6 Å². The lowest BCUT2D eigenvalue weighted by molar-refractivity contribution is -0.145. The molecule has 0 aromatic rings. The largest absolute Gasteiger partial charge is 0.461 e. The van der Waals surface area contributed by atoms with Crippen LogP contribution in [0.15, 0.2) is 0 Å². The number of likely N-dealkylation sites (N-methyl/N-ethyl adjacent to an activating group) is 1. The highest BCUT2D eigenvalue weighted by Gasteiger charge is 2.31. The number of amides is 1. The Morgan fingerprint density at radius 2 is 2.07 bits per heavy atom. The quantitative estimate of drug-likeness (QED) is 0.603. The van der Waals surface area contributed by atoms with Gasteiger partial charge in [-0.2, -0.15) is 0 Å². The predicted octanol–water partition coefficient (Wildman–Crippen LogP) is -0.632. The Labute approximate surface area is 83.4 Å². The van der Waals surface area contributed by atoms with Gasteiger partial charge in [0.15, 0.2) is 0 Å². The van der Waals surface area contributed by atoms with E-state index in [1.165, 1.54) is 11.8 Å². The number of carbonyl (C=O) groups is 2. The van der Waals surface area contributed by atoms with Gasteiger partial charge >= 0.3 is 5.97 Å². The topological polar surface area (TPSA) is 58.6 Å². The van der Waals surface area contributed by atoms with Crippen molar-refractivity contribution in [3.05, 3.63) is 0 Å². The summed E-state index contributed by atoms with van der Waals surface area (Å²) in [5.41, 5.74) is 0. The molecule has 0 aromatic heterocycles. The fourth-order valence-electron chi connectivity index (χ4n) is 1.53. The molecule has 80 valence electrons. The van der Waals surface area contributed by atoms with Crippen LogP contribution in [0.1, 0.15) is 13.3 Å². The Morgan fingerprint density at radius 1 is 1.43 bits per heavy atom. The zero-order chi connectivity index (χ0) is 10.7. The lowest BCUT2D eigenvalue weighted by atomic mass is 10.2. The third kappa shape index (κ3) is 2.70. The summed E-state index contributed by atoms with van der Waals surface area (Å²) in [7, 11) is 3.42. The van der Waals surface area contributed by atoms with E-state index in [0.29, 0.717) is 13.0 Å². The normalized spacial score (nSPS) is 25.9. The first-order valence-electron chi connectivity index (χ1n) is 4.62. The predicted molar refractivity (Wildman–Crippen MR) is 50.7 cm³/mol. The van der Waals surface area contributed by atoms with E-state index in [0.717, 1.165) is 0 Å². The van der Waals surface area contributed by atoms with Gasteiger partial charge in [-0.15, -0.1) is 0 Å². The summed E-state index contributed by atoms with van der Waals surface area (Å²) in [6, 6.07) is -0.214. The zero-order valence-electron chi connectivity index (χ0n) is 8.74. The minimum Gasteiger partial charge on any atom is -0.461 e. The Morgan fingerprint density at radius 3 is 2.57 bits per heavy atom. The highest BCUT2D eigenvalue weighted by atomic mass is 16.5. The Bertz CT molecular complexity index is 240. The van der Waals surface area contributed by atoms with Crippen molar-refractivity contribution < 1.29 is 14.3 Å². The highest BCUT2D eigenvalue weighted by molar-refractivity contribution is 5.81. The van der Waals surface area contributed by atoms with Gasteiger partial charge in [-0.3, -0.25) is 9.59 Å². The molecule has 1 aliphatic rings. The lowest BCUT2D eigenvalue weighted by Gasteiger charge is -2.15. The van der Waals surface area contributed by atoms with Crippen molar-refractivity contribution >= 4 is 11.9 Å². The van der Waals surface area contributed by atoms with Gasteiger partial charge in [-0.05, 0) is 0 Å². The number of hydrogen-bond acceptors (Lipinski definition) is 4. The highest BCUT2D eigenvalue weighted by Crippen LogP contribution is 2.11. The van der Waals surface area contributed by atoms with Crippen molar-refractivity contribution in [2.45, 2.75) is 25.5 Å². The van der Waals surface area contributed by atoms with Crippen molar-refractivity contribution in [3.63, 3.8) is 0 Å². The number of nitrogens with one attached hydrogen (secondary N) is 1. The molecule has 1 N–H and O–H groups in total. The van der Waals surface area contributed by atoms with Gasteiger partial charge in [0.2, 0.25) is 5.91 Å². The lowest BCUT2D eigenvalue weighted by Crippen LogP contribution is -2.39. The van der Waals surface area contributed by atoms with Crippen LogP contribution in [0.2, 0.25) is 0 Å². The molecular formula is C9H16N2O3. The van der Waals surface area contributed by atoms with Crippen molar-refractivity contribution in [1.82, 2.24) is 10.2 Å². The van der Waals surface area contributed by atoms with Gasteiger partial charge in [0.25, 0.3) is 0 Å². The molecule has 1 amide bonds. The summed E-state index contributed by atoms with van der Waals surface area (Å²) in [5.74, 6) is -0.269. The standard InChI is InChI=1S/C9H16N2O3/c1-6(12)14-7-4-8(10-5-7)9(13)11(2)3/h7-8,10H,4-5H2,1-3H3/t7-,8+/m1/s1. The number of hydrogen-bond donors (Lipinski definition) is 1. The van der Waals surface area contributed by atoms with Gasteiger partial charge in [-0.25, -0.2) is 0 Å². The molecule has 0 radical (unpaired) electrons. The second-order valence-corrected chi connectivity index (χ2v) is 3.66. The summed E-state index contributed by atoms with van der Waals surface area (Å²) in [6.45, 7) is 1.94. The molecule has 1 rings (SSSR count). The van der Waals surface area contributed by atoms with Gasteiger partial charge in [0.1, 0.15) is 6.10 Å². The molecule has 5 nitrogen and oxygen atoms in total. The van der Waals surface area contributed by atoms with Crippen molar-refractivity contribution in [2.24, 2.45) is 0 Å². The number of nitrogens with zero attached hydrogens (tertiary/aromatic N) is 1. The second kappa shape index (κ2) is 4.41. The number of rotatable bonds is 2. The molecule has 0 bridgehead atoms. The summed E-state index contributed by atoms with van der Waals surface area (Å²) in [5, 5.41) is 3.02. The van der Waals surface area contributed by atoms with E-state index in [1.807, 2.05) is 0 Å². The average molecular weight is 200 g/mol. The van der Waals surface area contributed by atoms with E-state index in [9.17, 15) is 9.59 Å². The van der Waals surface area contributed by atoms with E-state index in [4.69, 9.17) is 4.74 Å². The molecule has 0 unspecified atom stereocenters. The van der Waals surface area contributed by atoms with Crippen molar-refractivity contribution in [3.8, 4) is 0 Å². The fourth-order valence-corrected chi connectivity index (χ4v) is 1.53. The van der Waals surface area contributed by atoms with E-state index in [-0.39, 0.29) is 24.0 Å². The maximum Gasteiger partial charge on any atom is 0.302 e. The minimum absolute atomic E-state index is 0.0275. The SMILES string of the molecule is CC(=O)O[C@H]1CN[C@H](C(=O)N(C)C)C1. The van der Waals surface area contributed by atoms with E-state index >= 15 is 0 Å². The molecule has 14 heavy (non-hydrogen) atoms. The van der Waals surface area contributed by atoms with Gasteiger partial charge in [0.05, 0.1) is 6.04 Å². The molecule has 0 spiro atoms. The van der Waals surface area contributed by atoms with Crippen LogP contribution in [-0.2, 0) is 14.3 Å². The summed E-state index contributed by atoms with van der Waals surface area (Å²) in [4.78, 5) is 23.7. The first-order valence-corrected chi connectivity index (χ1v) is 4.62. The molecule has 0 aliphatic carbocycles. The molecule has 1 fully saturated rings. The van der Waals surface area contributed by atoms with Gasteiger partial charge in [0, 0.05) is 34.0 Å². The van der Waals surface area contributed by atoms with Crippen LogP contribution in [0, 0.1) is 0 Å². The van der Waals surface area contributed by atoms with Gasteiger partial charge < -0.3 is 15.0 Å². The first-order chi connectivity index (χ1) is 6.50. The molecule has 2 atom stereocenters. The molecular weight excluding hydrogens is 184 g/mol. The van der Waals surface area contributed by atoms with E-state index < -0.39 is 0 Å². The molecule has 1 saturated heterocycles. The maximum atomic E-state index is 11.5. The average Bonchev–Trinajstić information content (AvgIpc) is 2.50. The number of esters is 1. The summed E-state index contributed by atoms with van der Waals surface area (Å²) in [6.07, 6.45) is 0.401. The third-order valence-electron chi connectivity index (χ3n) is 2.16. The maximum absolute atomic E-state index is 11.5. The summed E-state index contributed by atoms with van der Waals surface area (Å²) < 4.78 is 5.00. The van der Waals surface area contributed by atoms with Crippen LogP contribution >= 0.6 is 0 Å². The fraction of sp³-hybridized carbons (Fsp3) is 0.778. The zero-order valence-corrected chi connectivity index (χ0v) is 8.74. The molecule has 5 heteroatoms. The van der Waals surface area contributed by atoms with Crippen LogP contribution in [0.5, 0.6) is 0 Å². The third-order valence-corrected chi connectivity index (χ3v) is 2.16. The minimum atomic E-state index is -0.297. The van der Waals surface area contributed by atoms with Crippen LogP contribution in [0.25, 0.3) is 0 Å². The summed E-state index contributed by atoms with van der Waals surface area (Å²) >= 11 is 0. The molecule has 0 saturated carbocycles. The second-order valence-electron chi connectivity index (χ2n) is 3.66. The molecule has 0 aromatic carbocycles. The van der Waals surface area contributed by atoms with Crippen LogP contribution < -0.4 is 5.32 Å². The van der Waals surface area contributed by atoms with Crippen molar-refractivity contribution in [1.29, 1.82) is 0 Å². The Hall–Kier alpha value is -1.10. The van der Waals surface area contributed by atoms with Crippen LogP contribution in [0.3, 0.4) is 0 Å². The van der Waals surface area contributed by atoms with E-state index in [1.54, 1.807) is 14.1 Å². The van der Waals surface area contributed by atoms with Crippen LogP contribution in [-0.4, -0.2) is 49.6 Å². The van der Waals surface area contributed by atoms with E-state index in [2.05, 4.69) is 5.32 Å². The molecule has 1 heterocycles. The first kappa shape index (κ1) is 11.0. The monoisotopic (exact) mass is 200 g/mol. The number of ether oxygens (including phenoxy) is 1. The van der Waals surface area contributed by atoms with Crippen LogP contribution in [0.4, 0.5) is 0 Å². The molecule has 1 aliphatic heterocycles. The smallest absolute Gasteiger partial charge is 0.302 e. The van der Waals surface area contributed by atoms with Gasteiger partial charge in [-0.1, -0.05) is 0 Å².